The molecule has 0 saturated carbocycles. The van der Waals surface area contributed by atoms with Crippen molar-refractivity contribution in [1.29, 1.82) is 0 Å². The van der Waals surface area contributed by atoms with E-state index >= 15 is 0 Å². The Balaban J connectivity index is 1.77. The van der Waals surface area contributed by atoms with Crippen molar-refractivity contribution in [3.63, 3.8) is 0 Å². The van der Waals surface area contributed by atoms with Crippen molar-refractivity contribution in [3.05, 3.63) is 66.3 Å². The van der Waals surface area contributed by atoms with Crippen LogP contribution in [0.4, 0.5) is 0 Å². The molecule has 8 nitrogen and oxygen atoms in total. The summed E-state index contributed by atoms with van der Waals surface area (Å²) in [6.07, 6.45) is 4.48. The first-order valence-corrected chi connectivity index (χ1v) is 12.2. The molecule has 3 rings (SSSR count). The second-order valence-corrected chi connectivity index (χ2v) is 9.11. The predicted molar refractivity (Wildman–Crippen MR) is 120 cm³/mol. The number of benzene rings is 1. The smallest absolute Gasteiger partial charge is 0.245 e. The summed E-state index contributed by atoms with van der Waals surface area (Å²) in [5.41, 5.74) is 1.82. The van der Waals surface area contributed by atoms with Gasteiger partial charge < -0.3 is 9.42 Å². The minimum Gasteiger partial charge on any atom is -0.337 e. The fourth-order valence-corrected chi connectivity index (χ4v) is 4.51. The molecule has 0 amide bonds. The van der Waals surface area contributed by atoms with Crippen LogP contribution in [0.25, 0.3) is 11.4 Å². The first kappa shape index (κ1) is 23.1. The molecule has 0 radical (unpaired) electrons. The first-order chi connectivity index (χ1) is 15.0. The largest absolute Gasteiger partial charge is 0.337 e. The monoisotopic (exact) mass is 443 g/mol. The molecule has 2 heterocycles. The van der Waals surface area contributed by atoms with Crippen LogP contribution in [0.1, 0.15) is 37.8 Å². The minimum atomic E-state index is -3.54. The minimum absolute atomic E-state index is 0.0140. The van der Waals surface area contributed by atoms with Gasteiger partial charge in [0.15, 0.2) is 0 Å². The van der Waals surface area contributed by atoms with E-state index in [0.717, 1.165) is 18.7 Å². The van der Waals surface area contributed by atoms with Crippen LogP contribution in [-0.4, -0.2) is 53.8 Å². The summed E-state index contributed by atoms with van der Waals surface area (Å²) in [4.78, 5) is 10.6. The summed E-state index contributed by atoms with van der Waals surface area (Å²) in [5.74, 6) is 0.650. The van der Waals surface area contributed by atoms with Crippen molar-refractivity contribution >= 4 is 10.0 Å². The molecule has 0 fully saturated rings. The van der Waals surface area contributed by atoms with Crippen LogP contribution in [0.2, 0.25) is 0 Å². The van der Waals surface area contributed by atoms with Gasteiger partial charge in [-0.25, -0.2) is 13.1 Å². The van der Waals surface area contributed by atoms with E-state index in [1.54, 1.807) is 18.5 Å². The van der Waals surface area contributed by atoms with Gasteiger partial charge in [-0.15, -0.1) is 0 Å². The highest BCUT2D eigenvalue weighted by Gasteiger charge is 2.25. The molecular formula is C22H29N5O3S. The molecule has 0 aliphatic heterocycles. The Morgan fingerprint density at radius 3 is 2.55 bits per heavy atom. The summed E-state index contributed by atoms with van der Waals surface area (Å²) in [6.45, 7) is 6.12. The van der Waals surface area contributed by atoms with Crippen molar-refractivity contribution < 1.29 is 12.9 Å². The lowest BCUT2D eigenvalue weighted by atomic mass is 10.1. The fourth-order valence-electron chi connectivity index (χ4n) is 3.24. The average Bonchev–Trinajstić information content (AvgIpc) is 3.29. The molecule has 1 N–H and O–H groups in total. The van der Waals surface area contributed by atoms with Crippen LogP contribution in [0, 0.1) is 0 Å². The second-order valence-electron chi connectivity index (χ2n) is 7.24. The molecule has 0 aliphatic carbocycles. The first-order valence-electron chi connectivity index (χ1n) is 10.5. The van der Waals surface area contributed by atoms with Crippen LogP contribution in [0.3, 0.4) is 0 Å². The van der Waals surface area contributed by atoms with Crippen LogP contribution in [-0.2, 0) is 16.4 Å². The fraction of sp³-hybridized carbons (Fsp3) is 0.409. The molecule has 166 valence electrons. The Kier molecular flexibility index (Phi) is 8.27. The molecule has 9 heteroatoms. The van der Waals surface area contributed by atoms with Gasteiger partial charge in [0.2, 0.25) is 21.7 Å². The number of hydrogen-bond donors (Lipinski definition) is 1. The Bertz CT molecular complexity index is 1020. The van der Waals surface area contributed by atoms with Crippen LogP contribution in [0.5, 0.6) is 0 Å². The SMILES string of the molecule is CCN(CC)CCS(=O)(=O)N[C@H](CCc1ccccc1)c1nc(-c2cccnc2)no1. The number of sulfonamides is 1. The predicted octanol–water partition coefficient (Wildman–Crippen LogP) is 3.07. The maximum atomic E-state index is 12.8. The number of aryl methyl sites for hydroxylation is 1. The molecule has 0 bridgehead atoms. The van der Waals surface area contributed by atoms with Crippen molar-refractivity contribution in [2.24, 2.45) is 0 Å². The Labute approximate surface area is 183 Å². The molecule has 31 heavy (non-hydrogen) atoms. The molecule has 1 aromatic carbocycles. The molecule has 0 saturated heterocycles. The van der Waals surface area contributed by atoms with E-state index < -0.39 is 16.1 Å². The molecule has 1 atom stereocenters. The topological polar surface area (TPSA) is 101 Å². The van der Waals surface area contributed by atoms with E-state index in [1.165, 1.54) is 0 Å². The third kappa shape index (κ3) is 6.95. The van der Waals surface area contributed by atoms with Crippen molar-refractivity contribution in [2.75, 3.05) is 25.4 Å². The Hall–Kier alpha value is -2.62. The second kappa shape index (κ2) is 11.1. The van der Waals surface area contributed by atoms with Gasteiger partial charge in [0.05, 0.1) is 5.75 Å². The lowest BCUT2D eigenvalue weighted by molar-refractivity contribution is 0.319. The van der Waals surface area contributed by atoms with Gasteiger partial charge in [-0.1, -0.05) is 49.3 Å². The van der Waals surface area contributed by atoms with E-state index in [1.807, 2.05) is 50.2 Å². The van der Waals surface area contributed by atoms with Gasteiger partial charge >= 0.3 is 0 Å². The Morgan fingerprint density at radius 1 is 1.10 bits per heavy atom. The maximum Gasteiger partial charge on any atom is 0.245 e. The van der Waals surface area contributed by atoms with Crippen molar-refractivity contribution in [3.8, 4) is 11.4 Å². The van der Waals surface area contributed by atoms with Gasteiger partial charge in [0.25, 0.3) is 0 Å². The van der Waals surface area contributed by atoms with Crippen LogP contribution < -0.4 is 4.72 Å². The molecular weight excluding hydrogens is 414 g/mol. The number of aromatic nitrogens is 3. The molecule has 0 spiro atoms. The average molecular weight is 444 g/mol. The van der Waals surface area contributed by atoms with Gasteiger partial charge in [-0.05, 0) is 43.6 Å². The third-order valence-corrected chi connectivity index (χ3v) is 6.48. The lowest BCUT2D eigenvalue weighted by Crippen LogP contribution is -2.36. The highest BCUT2D eigenvalue weighted by Crippen LogP contribution is 2.22. The molecule has 0 unspecified atom stereocenters. The number of pyridine rings is 1. The zero-order valence-electron chi connectivity index (χ0n) is 17.9. The normalized spacial score (nSPS) is 12.9. The summed E-state index contributed by atoms with van der Waals surface area (Å²) in [5, 5.41) is 4.02. The third-order valence-electron chi connectivity index (χ3n) is 5.12. The zero-order valence-corrected chi connectivity index (χ0v) is 18.8. The van der Waals surface area contributed by atoms with Crippen molar-refractivity contribution in [1.82, 2.24) is 24.7 Å². The summed E-state index contributed by atoms with van der Waals surface area (Å²) < 4.78 is 33.8. The highest BCUT2D eigenvalue weighted by molar-refractivity contribution is 7.89. The van der Waals surface area contributed by atoms with E-state index in [2.05, 4.69) is 24.7 Å². The van der Waals surface area contributed by atoms with Crippen LogP contribution in [0.15, 0.2) is 59.4 Å². The van der Waals surface area contributed by atoms with Gasteiger partial charge in [-0.2, -0.15) is 4.98 Å². The van der Waals surface area contributed by atoms with Crippen molar-refractivity contribution in [2.45, 2.75) is 32.7 Å². The van der Waals surface area contributed by atoms with E-state index in [4.69, 9.17) is 4.52 Å². The van der Waals surface area contributed by atoms with Crippen LogP contribution >= 0.6 is 0 Å². The number of hydrogen-bond acceptors (Lipinski definition) is 7. The van der Waals surface area contributed by atoms with E-state index in [-0.39, 0.29) is 11.6 Å². The van der Waals surface area contributed by atoms with Gasteiger partial charge in [0, 0.05) is 24.5 Å². The van der Waals surface area contributed by atoms with E-state index in [0.29, 0.717) is 30.8 Å². The molecule has 2 aromatic heterocycles. The Morgan fingerprint density at radius 2 is 1.87 bits per heavy atom. The quantitative estimate of drug-likeness (QED) is 0.459. The maximum absolute atomic E-state index is 12.8. The molecule has 0 aliphatic rings. The zero-order chi connectivity index (χ0) is 22.1. The van der Waals surface area contributed by atoms with Gasteiger partial charge in [-0.3, -0.25) is 4.98 Å². The summed E-state index contributed by atoms with van der Waals surface area (Å²) >= 11 is 0. The number of rotatable bonds is 12. The lowest BCUT2D eigenvalue weighted by Gasteiger charge is -2.20. The highest BCUT2D eigenvalue weighted by atomic mass is 32.2. The molecule has 3 aromatic rings. The number of nitrogens with one attached hydrogen (secondary N) is 1. The summed E-state index contributed by atoms with van der Waals surface area (Å²) in [7, 11) is -3.54. The standard InChI is InChI=1S/C22H29N5O3S/c1-3-27(4-2)15-16-31(28,29)26-20(13-12-18-9-6-5-7-10-18)22-24-21(25-30-22)19-11-8-14-23-17-19/h5-11,14,17,20,26H,3-4,12-13,15-16H2,1-2H3/t20-/m1/s1. The number of nitrogens with zero attached hydrogens (tertiary/aromatic N) is 4. The van der Waals surface area contributed by atoms with Gasteiger partial charge in [0.1, 0.15) is 6.04 Å². The summed E-state index contributed by atoms with van der Waals surface area (Å²) in [6, 6.07) is 12.9. The van der Waals surface area contributed by atoms with E-state index in [9.17, 15) is 8.42 Å².